The molecule has 1 atom stereocenters. The maximum Gasteiger partial charge on any atom is 0.290 e. The van der Waals surface area contributed by atoms with Gasteiger partial charge in [0.1, 0.15) is 5.76 Å². The number of amides is 1. The van der Waals surface area contributed by atoms with Crippen molar-refractivity contribution in [2.24, 2.45) is 0 Å². The van der Waals surface area contributed by atoms with Crippen LogP contribution in [-0.4, -0.2) is 58.1 Å². The van der Waals surface area contributed by atoms with E-state index in [1.165, 1.54) is 0 Å². The lowest BCUT2D eigenvalue weighted by atomic mass is 10.2. The molecule has 0 bridgehead atoms. The fraction of sp³-hybridized carbons (Fsp3) is 0.429. The molecule has 7 heteroatoms. The number of ether oxygens (including phenoxy) is 1. The van der Waals surface area contributed by atoms with Crippen molar-refractivity contribution in [1.29, 1.82) is 0 Å². The highest BCUT2D eigenvalue weighted by atomic mass is 16.5. The molecule has 1 saturated heterocycles. The molecule has 21 heavy (non-hydrogen) atoms. The summed E-state index contributed by atoms with van der Waals surface area (Å²) in [4.78, 5) is 14.0. The van der Waals surface area contributed by atoms with Crippen molar-refractivity contribution in [3.63, 3.8) is 0 Å². The average molecular weight is 291 g/mol. The van der Waals surface area contributed by atoms with Crippen LogP contribution in [0.25, 0.3) is 0 Å². The Hall–Kier alpha value is -2.12. The fourth-order valence-corrected chi connectivity index (χ4v) is 2.35. The number of aromatic nitrogens is 2. The van der Waals surface area contributed by atoms with Crippen molar-refractivity contribution in [3.8, 4) is 0 Å². The van der Waals surface area contributed by atoms with Crippen LogP contribution < -0.4 is 0 Å². The average Bonchev–Trinajstić information content (AvgIpc) is 3.19. The van der Waals surface area contributed by atoms with Crippen LogP contribution >= 0.6 is 0 Å². The Morgan fingerprint density at radius 2 is 2.38 bits per heavy atom. The van der Waals surface area contributed by atoms with Gasteiger partial charge in [-0.2, -0.15) is 5.10 Å². The molecule has 1 aliphatic rings. The highest BCUT2D eigenvalue weighted by Gasteiger charge is 2.29. The van der Waals surface area contributed by atoms with Crippen molar-refractivity contribution >= 4 is 5.91 Å². The lowest BCUT2D eigenvalue weighted by molar-refractivity contribution is -0.0197. The quantitative estimate of drug-likeness (QED) is 0.879. The third-order valence-corrected chi connectivity index (χ3v) is 3.45. The predicted octanol–water partition coefficient (Wildman–Crippen LogP) is 0.358. The van der Waals surface area contributed by atoms with Crippen LogP contribution in [0, 0.1) is 0 Å². The number of hydrogen-bond acceptors (Lipinski definition) is 5. The van der Waals surface area contributed by atoms with Gasteiger partial charge in [-0.15, -0.1) is 0 Å². The summed E-state index contributed by atoms with van der Waals surface area (Å²) < 4.78 is 12.6. The van der Waals surface area contributed by atoms with E-state index in [1.807, 2.05) is 12.3 Å². The van der Waals surface area contributed by atoms with Crippen LogP contribution in [0.4, 0.5) is 0 Å². The zero-order chi connectivity index (χ0) is 14.7. The van der Waals surface area contributed by atoms with E-state index in [0.29, 0.717) is 32.1 Å². The SMILES string of the molecule is O=C(c1ccc(Cn2cccn2)o1)N1CCOCC1CO. The number of furan rings is 1. The van der Waals surface area contributed by atoms with Crippen molar-refractivity contribution in [2.75, 3.05) is 26.4 Å². The maximum atomic E-state index is 12.4. The van der Waals surface area contributed by atoms with E-state index in [9.17, 15) is 9.90 Å². The van der Waals surface area contributed by atoms with Gasteiger partial charge in [0.25, 0.3) is 5.91 Å². The minimum absolute atomic E-state index is 0.118. The van der Waals surface area contributed by atoms with Crippen LogP contribution in [0.15, 0.2) is 35.0 Å². The Labute approximate surface area is 121 Å². The lowest BCUT2D eigenvalue weighted by Gasteiger charge is -2.33. The Morgan fingerprint density at radius 1 is 1.48 bits per heavy atom. The predicted molar refractivity (Wildman–Crippen MR) is 72.8 cm³/mol. The van der Waals surface area contributed by atoms with Crippen LogP contribution in [0.5, 0.6) is 0 Å². The number of aliphatic hydroxyl groups excluding tert-OH is 1. The smallest absolute Gasteiger partial charge is 0.290 e. The van der Waals surface area contributed by atoms with Crippen molar-refractivity contribution < 1.29 is 19.1 Å². The minimum Gasteiger partial charge on any atom is -0.454 e. The molecule has 7 nitrogen and oxygen atoms in total. The van der Waals surface area contributed by atoms with E-state index in [1.54, 1.807) is 27.9 Å². The van der Waals surface area contributed by atoms with Gasteiger partial charge in [-0.25, -0.2) is 0 Å². The molecule has 0 aromatic carbocycles. The molecule has 0 aliphatic carbocycles. The van der Waals surface area contributed by atoms with E-state index in [-0.39, 0.29) is 24.3 Å². The summed E-state index contributed by atoms with van der Waals surface area (Å²) >= 11 is 0. The molecule has 3 rings (SSSR count). The van der Waals surface area contributed by atoms with Gasteiger partial charge in [0.2, 0.25) is 0 Å². The van der Waals surface area contributed by atoms with E-state index in [2.05, 4.69) is 5.10 Å². The third kappa shape index (κ3) is 2.98. The van der Waals surface area contributed by atoms with E-state index >= 15 is 0 Å². The molecular weight excluding hydrogens is 274 g/mol. The van der Waals surface area contributed by atoms with Gasteiger partial charge in [-0.3, -0.25) is 9.48 Å². The van der Waals surface area contributed by atoms with Gasteiger partial charge in [0.15, 0.2) is 5.76 Å². The Kier molecular flexibility index (Phi) is 4.03. The number of aliphatic hydroxyl groups is 1. The van der Waals surface area contributed by atoms with E-state index in [4.69, 9.17) is 9.15 Å². The van der Waals surface area contributed by atoms with Crippen LogP contribution in [0.2, 0.25) is 0 Å². The van der Waals surface area contributed by atoms with Crippen molar-refractivity contribution in [2.45, 2.75) is 12.6 Å². The summed E-state index contributed by atoms with van der Waals surface area (Å²) in [6.07, 6.45) is 3.52. The first-order chi connectivity index (χ1) is 10.3. The Bertz CT molecular complexity index is 593. The largest absolute Gasteiger partial charge is 0.454 e. The Morgan fingerprint density at radius 3 is 3.14 bits per heavy atom. The Balaban J connectivity index is 1.71. The minimum atomic E-state index is -0.314. The van der Waals surface area contributed by atoms with Crippen molar-refractivity contribution in [1.82, 2.24) is 14.7 Å². The van der Waals surface area contributed by atoms with Gasteiger partial charge < -0.3 is 19.2 Å². The molecule has 2 aromatic rings. The van der Waals surface area contributed by atoms with Gasteiger partial charge in [-0.05, 0) is 18.2 Å². The molecule has 0 spiro atoms. The number of carbonyl (C=O) groups excluding carboxylic acids is 1. The highest BCUT2D eigenvalue weighted by molar-refractivity contribution is 5.91. The lowest BCUT2D eigenvalue weighted by Crippen LogP contribution is -2.50. The zero-order valence-corrected chi connectivity index (χ0v) is 11.5. The topological polar surface area (TPSA) is 80.7 Å². The zero-order valence-electron chi connectivity index (χ0n) is 11.5. The molecule has 2 aromatic heterocycles. The number of carbonyl (C=O) groups is 1. The summed E-state index contributed by atoms with van der Waals surface area (Å²) in [7, 11) is 0. The molecule has 1 fully saturated rings. The van der Waals surface area contributed by atoms with Gasteiger partial charge in [0.05, 0.1) is 32.4 Å². The fourth-order valence-electron chi connectivity index (χ4n) is 2.35. The number of nitrogens with zero attached hydrogens (tertiary/aromatic N) is 3. The molecule has 1 unspecified atom stereocenters. The molecule has 3 heterocycles. The third-order valence-electron chi connectivity index (χ3n) is 3.45. The van der Waals surface area contributed by atoms with E-state index in [0.717, 1.165) is 0 Å². The standard InChI is InChI=1S/C14H17N3O4/c18-9-11-10-20-7-6-17(11)14(19)13-3-2-12(21-13)8-16-5-1-4-15-16/h1-5,11,18H,6-10H2. The summed E-state index contributed by atoms with van der Waals surface area (Å²) in [6.45, 7) is 1.64. The monoisotopic (exact) mass is 291 g/mol. The molecule has 1 N–H and O–H groups in total. The first kappa shape index (κ1) is 13.8. The second-order valence-electron chi connectivity index (χ2n) is 4.88. The number of hydrogen-bond donors (Lipinski definition) is 1. The summed E-state index contributed by atoms with van der Waals surface area (Å²) in [5.41, 5.74) is 0. The van der Waals surface area contributed by atoms with Gasteiger partial charge >= 0.3 is 0 Å². The second kappa shape index (κ2) is 6.11. The number of rotatable bonds is 4. The highest BCUT2D eigenvalue weighted by Crippen LogP contribution is 2.15. The van der Waals surface area contributed by atoms with Gasteiger partial charge in [0, 0.05) is 18.9 Å². The molecular formula is C14H17N3O4. The van der Waals surface area contributed by atoms with Crippen LogP contribution in [0.3, 0.4) is 0 Å². The van der Waals surface area contributed by atoms with Gasteiger partial charge in [-0.1, -0.05) is 0 Å². The van der Waals surface area contributed by atoms with E-state index < -0.39 is 0 Å². The molecule has 1 aliphatic heterocycles. The van der Waals surface area contributed by atoms with Crippen LogP contribution in [0.1, 0.15) is 16.3 Å². The summed E-state index contributed by atoms with van der Waals surface area (Å²) in [5, 5.41) is 13.4. The molecule has 0 radical (unpaired) electrons. The molecule has 0 saturated carbocycles. The van der Waals surface area contributed by atoms with Crippen molar-refractivity contribution in [3.05, 3.63) is 42.1 Å². The number of morpholine rings is 1. The molecule has 112 valence electrons. The molecule has 1 amide bonds. The maximum absolute atomic E-state index is 12.4. The second-order valence-corrected chi connectivity index (χ2v) is 4.88. The summed E-state index contributed by atoms with van der Waals surface area (Å²) in [6, 6.07) is 4.94. The first-order valence-electron chi connectivity index (χ1n) is 6.83. The first-order valence-corrected chi connectivity index (χ1v) is 6.83. The normalized spacial score (nSPS) is 18.9. The van der Waals surface area contributed by atoms with Crippen LogP contribution in [-0.2, 0) is 11.3 Å². The summed E-state index contributed by atoms with van der Waals surface area (Å²) in [5.74, 6) is 0.720.